The van der Waals surface area contributed by atoms with Gasteiger partial charge in [0.1, 0.15) is 11.9 Å². The maximum atomic E-state index is 12.8. The lowest BCUT2D eigenvalue weighted by atomic mass is 10.0. The molecule has 0 saturated carbocycles. The molecular weight excluding hydrogens is 547 g/mol. The lowest BCUT2D eigenvalue weighted by Gasteiger charge is -2.18. The lowest BCUT2D eigenvalue weighted by molar-refractivity contribution is 0.0256. The highest BCUT2D eigenvalue weighted by molar-refractivity contribution is 6.31. The molecule has 0 saturated heterocycles. The molecule has 4 bridgehead atoms. The number of halogens is 2. The number of aryl methyl sites for hydroxylation is 2. The van der Waals surface area contributed by atoms with Crippen LogP contribution in [-0.2, 0) is 17.6 Å². The van der Waals surface area contributed by atoms with Gasteiger partial charge < -0.3 is 14.2 Å². The van der Waals surface area contributed by atoms with E-state index in [-0.39, 0.29) is 12.1 Å². The lowest BCUT2D eigenvalue weighted by Crippen LogP contribution is -2.19. The number of rotatable bonds is 4. The van der Waals surface area contributed by atoms with Crippen molar-refractivity contribution in [3.8, 4) is 17.2 Å². The van der Waals surface area contributed by atoms with Crippen molar-refractivity contribution in [1.82, 2.24) is 0 Å². The van der Waals surface area contributed by atoms with Crippen molar-refractivity contribution in [3.63, 3.8) is 0 Å². The minimum absolute atomic E-state index is 0.200. The molecule has 0 radical (unpaired) electrons. The largest absolute Gasteiger partial charge is 0.459 e. The van der Waals surface area contributed by atoms with Crippen molar-refractivity contribution in [2.75, 3.05) is 0 Å². The predicted octanol–water partition coefficient (Wildman–Crippen LogP) is 8.89. The van der Waals surface area contributed by atoms with E-state index in [0.29, 0.717) is 38.4 Å². The molecule has 0 aromatic heterocycles. The standard InChI is InChI=1S/C33H28Cl2O5/c34-26-13-9-24(10-14-26)32(36)39-28-4-2-1-3-23-8-20-30(40-33(37)25-11-15-27(35)16-12-25)31(21-23)38-29-18-6-22(5-17-28)7-19-29/h6-16,18-21,28H,1-5,17H2/t28-/m0/s1. The maximum absolute atomic E-state index is 12.8. The van der Waals surface area contributed by atoms with Gasteiger partial charge in [0.05, 0.1) is 11.1 Å². The summed E-state index contributed by atoms with van der Waals surface area (Å²) in [5, 5.41) is 1.12. The third kappa shape index (κ3) is 7.44. The summed E-state index contributed by atoms with van der Waals surface area (Å²) in [5.74, 6) is 0.611. The Morgan fingerprint density at radius 1 is 0.675 bits per heavy atom. The monoisotopic (exact) mass is 574 g/mol. The van der Waals surface area contributed by atoms with Gasteiger partial charge in [-0.25, -0.2) is 9.59 Å². The fourth-order valence-electron chi connectivity index (χ4n) is 4.56. The van der Waals surface area contributed by atoms with Crippen LogP contribution in [0, 0.1) is 0 Å². The van der Waals surface area contributed by atoms with Crippen LogP contribution in [0.1, 0.15) is 57.5 Å². The second-order valence-corrected chi connectivity index (χ2v) is 10.6. The van der Waals surface area contributed by atoms with Gasteiger partial charge in [-0.15, -0.1) is 0 Å². The van der Waals surface area contributed by atoms with E-state index in [0.717, 1.165) is 49.7 Å². The third-order valence-electron chi connectivity index (χ3n) is 6.79. The van der Waals surface area contributed by atoms with Crippen LogP contribution in [-0.4, -0.2) is 18.0 Å². The molecule has 1 atom stereocenters. The van der Waals surface area contributed by atoms with Crippen LogP contribution in [0.25, 0.3) is 0 Å². The molecule has 0 unspecified atom stereocenters. The van der Waals surface area contributed by atoms with Crippen molar-refractivity contribution in [2.45, 2.75) is 44.6 Å². The van der Waals surface area contributed by atoms with Gasteiger partial charge in [-0.05, 0) is 122 Å². The van der Waals surface area contributed by atoms with Crippen LogP contribution >= 0.6 is 23.2 Å². The molecular formula is C33H28Cl2O5. The summed E-state index contributed by atoms with van der Waals surface area (Å²) in [6.45, 7) is 0. The van der Waals surface area contributed by atoms with E-state index < -0.39 is 5.97 Å². The Kier molecular flexibility index (Phi) is 9.04. The molecule has 6 rings (SSSR count). The van der Waals surface area contributed by atoms with Gasteiger partial charge in [-0.3, -0.25) is 0 Å². The molecule has 0 spiro atoms. The van der Waals surface area contributed by atoms with E-state index >= 15 is 0 Å². The fraction of sp³-hybridized carbons (Fsp3) is 0.212. The molecule has 0 fully saturated rings. The van der Waals surface area contributed by atoms with Crippen LogP contribution in [0.5, 0.6) is 17.2 Å². The number of hydrogen-bond acceptors (Lipinski definition) is 5. The number of carbonyl (C=O) groups excluding carboxylic acids is 2. The number of fused-ring (bicyclic) bond motifs is 8. The predicted molar refractivity (Wildman–Crippen MR) is 156 cm³/mol. The molecule has 0 aliphatic carbocycles. The SMILES string of the molecule is O=C(Oc1ccc2cc1Oc1ccc(cc1)CC[C@@H](OC(=O)c1ccc(Cl)cc1)CCCC2)c1ccc(Cl)cc1. The van der Waals surface area contributed by atoms with Crippen LogP contribution in [0.3, 0.4) is 0 Å². The summed E-state index contributed by atoms with van der Waals surface area (Å²) in [7, 11) is 0. The van der Waals surface area contributed by atoms with Gasteiger partial charge in [0.25, 0.3) is 0 Å². The molecule has 204 valence electrons. The first-order valence-corrected chi connectivity index (χ1v) is 14.0. The van der Waals surface area contributed by atoms with Gasteiger partial charge in [-0.2, -0.15) is 0 Å². The molecule has 4 aromatic carbocycles. The third-order valence-corrected chi connectivity index (χ3v) is 7.30. The van der Waals surface area contributed by atoms with Gasteiger partial charge in [0.2, 0.25) is 0 Å². The quantitative estimate of drug-likeness (QED) is 0.180. The van der Waals surface area contributed by atoms with Crippen LogP contribution in [0.15, 0.2) is 91.0 Å². The summed E-state index contributed by atoms with van der Waals surface area (Å²) in [6.07, 6.45) is 4.64. The first-order valence-electron chi connectivity index (χ1n) is 13.3. The minimum atomic E-state index is -0.491. The molecule has 2 aliphatic heterocycles. The zero-order valence-electron chi connectivity index (χ0n) is 21.8. The number of esters is 2. The molecule has 2 aliphatic rings. The van der Waals surface area contributed by atoms with E-state index in [4.69, 9.17) is 37.4 Å². The molecule has 4 aromatic rings. The van der Waals surface area contributed by atoms with E-state index in [1.54, 1.807) is 54.6 Å². The number of benzene rings is 4. The summed E-state index contributed by atoms with van der Waals surface area (Å²) < 4.78 is 17.8. The highest BCUT2D eigenvalue weighted by atomic mass is 35.5. The van der Waals surface area contributed by atoms with Crippen LogP contribution < -0.4 is 9.47 Å². The van der Waals surface area contributed by atoms with Gasteiger partial charge in [0.15, 0.2) is 11.5 Å². The van der Waals surface area contributed by atoms with Crippen molar-refractivity contribution in [3.05, 3.63) is 123 Å². The van der Waals surface area contributed by atoms with E-state index in [1.807, 2.05) is 36.4 Å². The van der Waals surface area contributed by atoms with E-state index in [2.05, 4.69) is 0 Å². The van der Waals surface area contributed by atoms with Gasteiger partial charge >= 0.3 is 11.9 Å². The molecule has 40 heavy (non-hydrogen) atoms. The molecule has 0 amide bonds. The number of carbonyl (C=O) groups is 2. The molecule has 2 heterocycles. The Balaban J connectivity index is 1.32. The molecule has 0 N–H and O–H groups in total. The average molecular weight is 575 g/mol. The second-order valence-electron chi connectivity index (χ2n) is 9.74. The summed E-state index contributed by atoms with van der Waals surface area (Å²) >= 11 is 11.9. The van der Waals surface area contributed by atoms with Gasteiger partial charge in [-0.1, -0.05) is 41.4 Å². The summed E-state index contributed by atoms with van der Waals surface area (Å²) in [6, 6.07) is 26.7. The molecule has 7 heteroatoms. The molecule has 5 nitrogen and oxygen atoms in total. The summed E-state index contributed by atoms with van der Waals surface area (Å²) in [5.41, 5.74) is 3.06. The first-order chi connectivity index (χ1) is 19.4. The zero-order valence-corrected chi connectivity index (χ0v) is 23.3. The Morgan fingerprint density at radius 3 is 1.98 bits per heavy atom. The van der Waals surface area contributed by atoms with Gasteiger partial charge in [0, 0.05) is 10.0 Å². The van der Waals surface area contributed by atoms with Crippen molar-refractivity contribution in [2.24, 2.45) is 0 Å². The van der Waals surface area contributed by atoms with Crippen LogP contribution in [0.4, 0.5) is 0 Å². The van der Waals surface area contributed by atoms with Crippen molar-refractivity contribution in [1.29, 1.82) is 0 Å². The van der Waals surface area contributed by atoms with Crippen molar-refractivity contribution >= 4 is 35.1 Å². The van der Waals surface area contributed by atoms with Crippen LogP contribution in [0.2, 0.25) is 10.0 Å². The topological polar surface area (TPSA) is 61.8 Å². The van der Waals surface area contributed by atoms with E-state index in [1.165, 1.54) is 0 Å². The average Bonchev–Trinajstić information content (AvgIpc) is 2.96. The van der Waals surface area contributed by atoms with E-state index in [9.17, 15) is 9.59 Å². The highest BCUT2D eigenvalue weighted by Crippen LogP contribution is 2.34. The zero-order chi connectivity index (χ0) is 27.9. The smallest absolute Gasteiger partial charge is 0.343 e. The Hall–Kier alpha value is -3.80. The number of ether oxygens (including phenoxy) is 3. The normalized spacial score (nSPS) is 15.3. The second kappa shape index (κ2) is 13.0. The first kappa shape index (κ1) is 27.8. The highest BCUT2D eigenvalue weighted by Gasteiger charge is 2.18. The Labute approximate surface area is 243 Å². The Morgan fingerprint density at radius 2 is 1.30 bits per heavy atom. The summed E-state index contributed by atoms with van der Waals surface area (Å²) in [4.78, 5) is 25.5. The minimum Gasteiger partial charge on any atom is -0.459 e. The Bertz CT molecular complexity index is 1460. The van der Waals surface area contributed by atoms with Crippen molar-refractivity contribution < 1.29 is 23.8 Å². The fourth-order valence-corrected chi connectivity index (χ4v) is 4.82. The maximum Gasteiger partial charge on any atom is 0.343 e. The number of hydrogen-bond donors (Lipinski definition) is 0.